The molecule has 156 valence electrons. The van der Waals surface area contributed by atoms with Crippen molar-refractivity contribution in [1.82, 2.24) is 15.0 Å². The molecule has 9 nitrogen and oxygen atoms in total. The zero-order valence-corrected chi connectivity index (χ0v) is 17.1. The van der Waals surface area contributed by atoms with Crippen molar-refractivity contribution in [2.24, 2.45) is 0 Å². The van der Waals surface area contributed by atoms with E-state index in [1.807, 2.05) is 12.1 Å². The van der Waals surface area contributed by atoms with E-state index in [2.05, 4.69) is 25.6 Å². The van der Waals surface area contributed by atoms with Crippen LogP contribution < -0.4 is 15.4 Å². The first kappa shape index (κ1) is 21.2. The van der Waals surface area contributed by atoms with Gasteiger partial charge in [0.15, 0.2) is 0 Å². The Kier molecular flexibility index (Phi) is 7.67. The second-order valence-corrected chi connectivity index (χ2v) is 7.01. The molecule has 0 bridgehead atoms. The van der Waals surface area contributed by atoms with Gasteiger partial charge in [0.05, 0.1) is 31.3 Å². The molecule has 1 aromatic carbocycles. The van der Waals surface area contributed by atoms with Crippen LogP contribution in [0.25, 0.3) is 0 Å². The van der Waals surface area contributed by atoms with Crippen LogP contribution in [-0.4, -0.2) is 40.5 Å². The van der Waals surface area contributed by atoms with E-state index in [4.69, 9.17) is 9.47 Å². The number of nitrogens with one attached hydrogen (secondary N) is 2. The Bertz CT molecular complexity index is 980. The lowest BCUT2D eigenvalue weighted by Gasteiger charge is -2.08. The average Bonchev–Trinajstić information content (AvgIpc) is 3.20. The lowest BCUT2D eigenvalue weighted by Crippen LogP contribution is -2.15. The second-order valence-electron chi connectivity index (χ2n) is 6.07. The van der Waals surface area contributed by atoms with Crippen LogP contribution in [0.1, 0.15) is 17.1 Å². The van der Waals surface area contributed by atoms with E-state index in [1.54, 1.807) is 43.1 Å². The Morgan fingerprint density at radius 1 is 1.13 bits per heavy atom. The highest BCUT2D eigenvalue weighted by Gasteiger charge is 2.12. The summed E-state index contributed by atoms with van der Waals surface area (Å²) in [7, 11) is 1.55. The second kappa shape index (κ2) is 10.9. The highest BCUT2D eigenvalue weighted by Crippen LogP contribution is 2.23. The van der Waals surface area contributed by atoms with Gasteiger partial charge in [-0.2, -0.15) is 0 Å². The lowest BCUT2D eigenvalue weighted by molar-refractivity contribution is -0.144. The minimum Gasteiger partial charge on any atom is -0.495 e. The van der Waals surface area contributed by atoms with Gasteiger partial charge >= 0.3 is 5.97 Å². The van der Waals surface area contributed by atoms with E-state index in [0.717, 1.165) is 0 Å². The van der Waals surface area contributed by atoms with Gasteiger partial charge in [0, 0.05) is 24.3 Å². The molecule has 0 aliphatic heterocycles. The monoisotopic (exact) mass is 427 g/mol. The van der Waals surface area contributed by atoms with Gasteiger partial charge in [-0.05, 0) is 18.2 Å². The molecule has 0 atom stereocenters. The molecule has 2 aromatic heterocycles. The molecule has 10 heteroatoms. The number of ether oxygens (including phenoxy) is 2. The highest BCUT2D eigenvalue weighted by atomic mass is 32.1. The molecule has 1 amide bonds. The summed E-state index contributed by atoms with van der Waals surface area (Å²) in [5.74, 6) is 0.486. The van der Waals surface area contributed by atoms with Gasteiger partial charge in [0.2, 0.25) is 11.9 Å². The number of para-hydroxylation sites is 2. The zero-order valence-electron chi connectivity index (χ0n) is 16.3. The predicted molar refractivity (Wildman–Crippen MR) is 112 cm³/mol. The number of esters is 1. The maximum absolute atomic E-state index is 12.3. The largest absolute Gasteiger partial charge is 0.495 e. The smallest absolute Gasteiger partial charge is 0.307 e. The van der Waals surface area contributed by atoms with Gasteiger partial charge in [-0.3, -0.25) is 9.59 Å². The van der Waals surface area contributed by atoms with Crippen LogP contribution in [0.3, 0.4) is 0 Å². The minimum absolute atomic E-state index is 0.0608. The molecule has 2 N–H and O–H groups in total. The number of carbonyl (C=O) groups excluding carboxylic acids is 2. The quantitative estimate of drug-likeness (QED) is 0.475. The van der Waals surface area contributed by atoms with Gasteiger partial charge in [-0.25, -0.2) is 15.0 Å². The van der Waals surface area contributed by atoms with Crippen molar-refractivity contribution < 1.29 is 19.1 Å². The maximum Gasteiger partial charge on any atom is 0.307 e. The Balaban J connectivity index is 1.40. The lowest BCUT2D eigenvalue weighted by atomic mass is 10.3. The molecule has 0 spiro atoms. The molecule has 30 heavy (non-hydrogen) atoms. The topological polar surface area (TPSA) is 115 Å². The molecule has 0 aliphatic rings. The predicted octanol–water partition coefficient (Wildman–Crippen LogP) is 2.67. The van der Waals surface area contributed by atoms with Gasteiger partial charge in [0.25, 0.3) is 0 Å². The summed E-state index contributed by atoms with van der Waals surface area (Å²) in [4.78, 5) is 36.5. The van der Waals surface area contributed by atoms with Crippen molar-refractivity contribution in [3.63, 3.8) is 0 Å². The molecular weight excluding hydrogens is 406 g/mol. The van der Waals surface area contributed by atoms with Gasteiger partial charge in [0.1, 0.15) is 17.4 Å². The van der Waals surface area contributed by atoms with E-state index >= 15 is 0 Å². The van der Waals surface area contributed by atoms with Crippen LogP contribution in [0.15, 0.2) is 48.1 Å². The molecule has 0 fully saturated rings. The molecule has 0 radical (unpaired) electrons. The summed E-state index contributed by atoms with van der Waals surface area (Å²) in [6, 6.07) is 8.89. The first-order valence-electron chi connectivity index (χ1n) is 9.16. The summed E-state index contributed by atoms with van der Waals surface area (Å²) in [6.07, 6.45) is 3.53. The summed E-state index contributed by atoms with van der Waals surface area (Å²) in [5.41, 5.74) is 1.21. The highest BCUT2D eigenvalue weighted by molar-refractivity contribution is 7.09. The number of hydrogen-bond donors (Lipinski definition) is 2. The van der Waals surface area contributed by atoms with Gasteiger partial charge in [-0.15, -0.1) is 11.3 Å². The molecule has 3 rings (SSSR count). The summed E-state index contributed by atoms with van der Waals surface area (Å²) in [6.45, 7) is 0.430. The third-order valence-electron chi connectivity index (χ3n) is 3.85. The van der Waals surface area contributed by atoms with E-state index < -0.39 is 0 Å². The van der Waals surface area contributed by atoms with Crippen LogP contribution in [0.2, 0.25) is 0 Å². The van der Waals surface area contributed by atoms with Crippen LogP contribution in [0.4, 0.5) is 11.6 Å². The van der Waals surface area contributed by atoms with Crippen LogP contribution in [0.5, 0.6) is 5.75 Å². The average molecular weight is 427 g/mol. The summed E-state index contributed by atoms with van der Waals surface area (Å²) < 4.78 is 10.4. The van der Waals surface area contributed by atoms with E-state index in [1.165, 1.54) is 11.3 Å². The maximum atomic E-state index is 12.3. The number of hydrogen-bond acceptors (Lipinski definition) is 9. The van der Waals surface area contributed by atoms with Crippen molar-refractivity contribution in [3.8, 4) is 5.75 Å². The van der Waals surface area contributed by atoms with Gasteiger partial charge < -0.3 is 20.1 Å². The number of carbonyl (C=O) groups is 2. The van der Waals surface area contributed by atoms with Crippen molar-refractivity contribution >= 4 is 34.8 Å². The van der Waals surface area contributed by atoms with Gasteiger partial charge in [-0.1, -0.05) is 12.1 Å². The molecule has 0 saturated carbocycles. The molecular formula is C20H21N5O4S. The summed E-state index contributed by atoms with van der Waals surface area (Å²) in [5, 5.41) is 8.15. The standard InChI is InChI=1S/C20H21N5O4S/c1-28-16-6-3-2-5-15(16)25-17(26)11-18-24-14(13-30-18)12-29-19(27)7-10-23-20-21-8-4-9-22-20/h2-6,8-9,13H,7,10-12H2,1H3,(H,25,26)(H,21,22,23). The number of thiazole rings is 1. The van der Waals surface area contributed by atoms with E-state index in [0.29, 0.717) is 34.6 Å². The first-order chi connectivity index (χ1) is 14.6. The van der Waals surface area contributed by atoms with Crippen LogP contribution in [0, 0.1) is 0 Å². The fourth-order valence-corrected chi connectivity index (χ4v) is 3.25. The third kappa shape index (κ3) is 6.52. The fourth-order valence-electron chi connectivity index (χ4n) is 2.47. The SMILES string of the molecule is COc1ccccc1NC(=O)Cc1nc(COC(=O)CCNc2ncccn2)cs1. The third-order valence-corrected chi connectivity index (χ3v) is 4.75. The van der Waals surface area contributed by atoms with Crippen molar-refractivity contribution in [2.45, 2.75) is 19.4 Å². The number of methoxy groups -OCH3 is 1. The Morgan fingerprint density at radius 3 is 2.73 bits per heavy atom. The van der Waals surface area contributed by atoms with E-state index in [-0.39, 0.29) is 31.3 Å². The Labute approximate surface area is 177 Å². The molecule has 0 saturated heterocycles. The number of amides is 1. The number of benzene rings is 1. The fraction of sp³-hybridized carbons (Fsp3) is 0.250. The Hall–Kier alpha value is -3.53. The van der Waals surface area contributed by atoms with E-state index in [9.17, 15) is 9.59 Å². The zero-order chi connectivity index (χ0) is 21.2. The Morgan fingerprint density at radius 2 is 1.93 bits per heavy atom. The van der Waals surface area contributed by atoms with Crippen molar-refractivity contribution in [3.05, 3.63) is 58.8 Å². The molecule has 2 heterocycles. The minimum atomic E-state index is -0.359. The molecule has 0 aliphatic carbocycles. The number of anilines is 2. The number of nitrogens with zero attached hydrogens (tertiary/aromatic N) is 3. The van der Waals surface area contributed by atoms with Crippen molar-refractivity contribution in [1.29, 1.82) is 0 Å². The van der Waals surface area contributed by atoms with Crippen molar-refractivity contribution in [2.75, 3.05) is 24.3 Å². The molecule has 3 aromatic rings. The number of rotatable bonds is 10. The van der Waals surface area contributed by atoms with Crippen LogP contribution in [-0.2, 0) is 27.4 Å². The number of aromatic nitrogens is 3. The normalized spacial score (nSPS) is 10.3. The molecule has 0 unspecified atom stereocenters. The summed E-state index contributed by atoms with van der Waals surface area (Å²) >= 11 is 1.34. The first-order valence-corrected chi connectivity index (χ1v) is 10.0. The van der Waals surface area contributed by atoms with Crippen LogP contribution >= 0.6 is 11.3 Å².